The maximum absolute atomic E-state index is 12.2. The predicted octanol–water partition coefficient (Wildman–Crippen LogP) is 2.15. The molecule has 1 atom stereocenters. The third-order valence-electron chi connectivity index (χ3n) is 1.97. The summed E-state index contributed by atoms with van der Waals surface area (Å²) in [5.41, 5.74) is 0. The lowest BCUT2D eigenvalue weighted by atomic mass is 10.1. The lowest BCUT2D eigenvalue weighted by Gasteiger charge is -2.08. The number of nitrogens with zero attached hydrogens (tertiary/aromatic N) is 2. The average Bonchev–Trinajstić information content (AvgIpc) is 2.68. The van der Waals surface area contributed by atoms with Crippen molar-refractivity contribution in [3.63, 3.8) is 0 Å². The molecule has 1 heterocycles. The van der Waals surface area contributed by atoms with E-state index in [-0.39, 0.29) is 18.9 Å². The highest BCUT2D eigenvalue weighted by molar-refractivity contribution is 5.76. The van der Waals surface area contributed by atoms with Crippen molar-refractivity contribution in [2.75, 3.05) is 6.61 Å². The molecular weight excluding hydrogens is 241 g/mol. The predicted molar refractivity (Wildman–Crippen MR) is 49.0 cm³/mol. The number of alkyl halides is 3. The molecule has 1 aromatic rings. The Bertz CT molecular complexity index is 389. The fourth-order valence-corrected chi connectivity index (χ4v) is 1.18. The summed E-state index contributed by atoms with van der Waals surface area (Å²) in [4.78, 5) is 14.6. The summed E-state index contributed by atoms with van der Waals surface area (Å²) in [6, 6.07) is 0. The van der Waals surface area contributed by atoms with Crippen LogP contribution in [0.25, 0.3) is 0 Å². The SMILES string of the molecule is CCOC(=O)C(CC)c1nc(C(F)(F)F)no1. The van der Waals surface area contributed by atoms with Crippen LogP contribution in [0.5, 0.6) is 0 Å². The Kier molecular flexibility index (Phi) is 4.08. The first-order valence-corrected chi connectivity index (χ1v) is 4.97. The molecule has 1 unspecified atom stereocenters. The summed E-state index contributed by atoms with van der Waals surface area (Å²) >= 11 is 0. The highest BCUT2D eigenvalue weighted by atomic mass is 19.4. The average molecular weight is 252 g/mol. The van der Waals surface area contributed by atoms with E-state index in [4.69, 9.17) is 4.74 Å². The van der Waals surface area contributed by atoms with Crippen molar-refractivity contribution >= 4 is 5.97 Å². The van der Waals surface area contributed by atoms with Crippen LogP contribution in [0.1, 0.15) is 37.9 Å². The summed E-state index contributed by atoms with van der Waals surface area (Å²) in [6.07, 6.45) is -4.47. The molecule has 0 radical (unpaired) electrons. The van der Waals surface area contributed by atoms with E-state index in [0.717, 1.165) is 0 Å². The Morgan fingerprint density at radius 3 is 2.53 bits per heavy atom. The molecule has 0 spiro atoms. The molecule has 0 aliphatic rings. The van der Waals surface area contributed by atoms with E-state index < -0.39 is 23.9 Å². The van der Waals surface area contributed by atoms with E-state index in [9.17, 15) is 18.0 Å². The highest BCUT2D eigenvalue weighted by Gasteiger charge is 2.39. The molecule has 17 heavy (non-hydrogen) atoms. The monoisotopic (exact) mass is 252 g/mol. The molecule has 0 fully saturated rings. The summed E-state index contributed by atoms with van der Waals surface area (Å²) in [5.74, 6) is -3.40. The fraction of sp³-hybridized carbons (Fsp3) is 0.667. The summed E-state index contributed by atoms with van der Waals surface area (Å²) in [6.45, 7) is 3.34. The van der Waals surface area contributed by atoms with Crippen LogP contribution < -0.4 is 0 Å². The van der Waals surface area contributed by atoms with Crippen molar-refractivity contribution in [2.24, 2.45) is 0 Å². The second kappa shape index (κ2) is 5.15. The quantitative estimate of drug-likeness (QED) is 0.768. The van der Waals surface area contributed by atoms with Crippen LogP contribution in [0.3, 0.4) is 0 Å². The Morgan fingerprint density at radius 1 is 1.47 bits per heavy atom. The lowest BCUT2D eigenvalue weighted by molar-refractivity contribution is -0.147. The van der Waals surface area contributed by atoms with E-state index >= 15 is 0 Å². The van der Waals surface area contributed by atoms with Gasteiger partial charge < -0.3 is 9.26 Å². The van der Waals surface area contributed by atoms with Crippen LogP contribution in [0.15, 0.2) is 4.52 Å². The Balaban J connectivity index is 2.90. The standard InChI is InChI=1S/C9H11F3N2O3/c1-3-5(7(15)16-4-2)6-13-8(14-17-6)9(10,11)12/h5H,3-4H2,1-2H3. The first-order chi connectivity index (χ1) is 7.90. The van der Waals surface area contributed by atoms with Crippen LogP contribution in [-0.4, -0.2) is 22.7 Å². The van der Waals surface area contributed by atoms with Gasteiger partial charge in [0.1, 0.15) is 5.92 Å². The fourth-order valence-electron chi connectivity index (χ4n) is 1.18. The van der Waals surface area contributed by atoms with Gasteiger partial charge in [-0.15, -0.1) is 0 Å². The molecule has 96 valence electrons. The van der Waals surface area contributed by atoms with E-state index in [0.29, 0.717) is 0 Å². The molecule has 0 amide bonds. The zero-order chi connectivity index (χ0) is 13.1. The molecule has 8 heteroatoms. The van der Waals surface area contributed by atoms with Gasteiger partial charge in [0.05, 0.1) is 6.61 Å². The zero-order valence-corrected chi connectivity index (χ0v) is 9.24. The Morgan fingerprint density at radius 2 is 2.12 bits per heavy atom. The van der Waals surface area contributed by atoms with E-state index in [1.165, 1.54) is 0 Å². The van der Waals surface area contributed by atoms with E-state index in [1.54, 1.807) is 13.8 Å². The van der Waals surface area contributed by atoms with Crippen molar-refractivity contribution in [2.45, 2.75) is 32.4 Å². The minimum absolute atomic E-state index is 0.135. The zero-order valence-electron chi connectivity index (χ0n) is 9.24. The van der Waals surface area contributed by atoms with Gasteiger partial charge >= 0.3 is 12.1 Å². The number of hydrogen-bond donors (Lipinski definition) is 0. The molecule has 1 aromatic heterocycles. The molecule has 0 aliphatic heterocycles. The number of hydrogen-bond acceptors (Lipinski definition) is 5. The van der Waals surface area contributed by atoms with Crippen LogP contribution in [-0.2, 0) is 15.7 Å². The number of carbonyl (C=O) groups is 1. The van der Waals surface area contributed by atoms with E-state index in [1.807, 2.05) is 0 Å². The minimum atomic E-state index is -4.69. The molecule has 0 aliphatic carbocycles. The minimum Gasteiger partial charge on any atom is -0.465 e. The number of carbonyl (C=O) groups excluding carboxylic acids is 1. The molecule has 0 saturated carbocycles. The Labute approximate surface area is 94.9 Å². The number of aromatic nitrogens is 2. The Hall–Kier alpha value is -1.60. The molecule has 1 rings (SSSR count). The molecular formula is C9H11F3N2O3. The normalized spacial score (nSPS) is 13.5. The highest BCUT2D eigenvalue weighted by Crippen LogP contribution is 2.28. The first-order valence-electron chi connectivity index (χ1n) is 4.97. The molecule has 5 nitrogen and oxygen atoms in total. The van der Waals surface area contributed by atoms with Gasteiger partial charge in [-0.1, -0.05) is 12.1 Å². The number of halogens is 3. The third kappa shape index (κ3) is 3.18. The van der Waals surface area contributed by atoms with Gasteiger partial charge in [-0.05, 0) is 13.3 Å². The smallest absolute Gasteiger partial charge is 0.455 e. The number of esters is 1. The van der Waals surface area contributed by atoms with Crippen molar-refractivity contribution < 1.29 is 27.2 Å². The van der Waals surface area contributed by atoms with Crippen molar-refractivity contribution in [3.8, 4) is 0 Å². The summed E-state index contributed by atoms with van der Waals surface area (Å²) < 4.78 is 45.8. The largest absolute Gasteiger partial charge is 0.465 e. The van der Waals surface area contributed by atoms with Crippen molar-refractivity contribution in [1.29, 1.82) is 0 Å². The molecule has 0 bridgehead atoms. The first kappa shape index (κ1) is 13.5. The maximum atomic E-state index is 12.2. The summed E-state index contributed by atoms with van der Waals surface area (Å²) in [7, 11) is 0. The van der Waals surface area contributed by atoms with Crippen LogP contribution >= 0.6 is 0 Å². The number of rotatable bonds is 4. The molecule has 0 N–H and O–H groups in total. The van der Waals surface area contributed by atoms with Gasteiger partial charge in [0, 0.05) is 0 Å². The van der Waals surface area contributed by atoms with Gasteiger partial charge in [-0.3, -0.25) is 4.79 Å². The van der Waals surface area contributed by atoms with Gasteiger partial charge in [-0.25, -0.2) is 0 Å². The molecule has 0 saturated heterocycles. The second-order valence-corrected chi connectivity index (χ2v) is 3.17. The number of ether oxygens (including phenoxy) is 1. The van der Waals surface area contributed by atoms with Gasteiger partial charge in [-0.2, -0.15) is 18.2 Å². The lowest BCUT2D eigenvalue weighted by Crippen LogP contribution is -2.16. The van der Waals surface area contributed by atoms with Crippen LogP contribution in [0.2, 0.25) is 0 Å². The van der Waals surface area contributed by atoms with Crippen molar-refractivity contribution in [3.05, 3.63) is 11.7 Å². The van der Waals surface area contributed by atoms with E-state index in [2.05, 4.69) is 14.7 Å². The van der Waals surface area contributed by atoms with Crippen LogP contribution in [0.4, 0.5) is 13.2 Å². The molecule has 0 aromatic carbocycles. The summed E-state index contributed by atoms with van der Waals surface area (Å²) in [5, 5.41) is 2.78. The topological polar surface area (TPSA) is 65.2 Å². The van der Waals surface area contributed by atoms with Crippen molar-refractivity contribution in [1.82, 2.24) is 10.1 Å². The third-order valence-corrected chi connectivity index (χ3v) is 1.97. The van der Waals surface area contributed by atoms with Gasteiger partial charge in [0.2, 0.25) is 5.89 Å². The van der Waals surface area contributed by atoms with Gasteiger partial charge in [0.15, 0.2) is 0 Å². The maximum Gasteiger partial charge on any atom is 0.455 e. The van der Waals surface area contributed by atoms with Gasteiger partial charge in [0.25, 0.3) is 5.82 Å². The second-order valence-electron chi connectivity index (χ2n) is 3.17. The van der Waals surface area contributed by atoms with Crippen LogP contribution in [0, 0.1) is 0 Å².